The van der Waals surface area contributed by atoms with Crippen molar-refractivity contribution < 1.29 is 9.90 Å². The number of nitrogens with zero attached hydrogens (tertiary/aromatic N) is 3. The molecule has 0 aliphatic carbocycles. The molecule has 0 saturated heterocycles. The maximum absolute atomic E-state index is 11.0. The lowest BCUT2D eigenvalue weighted by molar-refractivity contribution is 0.0699. The number of aromatic carboxylic acids is 1. The molecule has 0 aromatic carbocycles. The first-order valence-corrected chi connectivity index (χ1v) is 6.11. The highest BCUT2D eigenvalue weighted by molar-refractivity contribution is 7.15. The number of carboxylic acid groups (broad SMARTS) is 1. The summed E-state index contributed by atoms with van der Waals surface area (Å²) in [6.07, 6.45) is 2.93. The standard InChI is InChI=1S/C12H9N3O2S/c1-7-2-3-10(18-7)9-4-5-13-11-8(12(16)17)6-14-15(9)11/h2-6H,1H3,(H,16,17). The van der Waals surface area contributed by atoms with Crippen molar-refractivity contribution in [3.63, 3.8) is 0 Å². The molecule has 3 aromatic rings. The van der Waals surface area contributed by atoms with Crippen LogP contribution in [0.25, 0.3) is 16.2 Å². The van der Waals surface area contributed by atoms with Crippen LogP contribution in [-0.2, 0) is 0 Å². The van der Waals surface area contributed by atoms with Crippen LogP contribution in [0, 0.1) is 6.92 Å². The molecule has 0 aliphatic rings. The number of carbonyl (C=O) groups is 1. The highest BCUT2D eigenvalue weighted by Gasteiger charge is 2.15. The second kappa shape index (κ2) is 3.92. The van der Waals surface area contributed by atoms with Gasteiger partial charge in [-0.25, -0.2) is 14.3 Å². The predicted octanol–water partition coefficient (Wildman–Crippen LogP) is 2.46. The molecule has 3 aromatic heterocycles. The van der Waals surface area contributed by atoms with Crippen molar-refractivity contribution in [2.45, 2.75) is 6.92 Å². The van der Waals surface area contributed by atoms with Crippen molar-refractivity contribution in [1.82, 2.24) is 14.6 Å². The van der Waals surface area contributed by atoms with Crippen LogP contribution in [-0.4, -0.2) is 25.7 Å². The number of hydrogen-bond acceptors (Lipinski definition) is 4. The van der Waals surface area contributed by atoms with Gasteiger partial charge in [-0.15, -0.1) is 11.3 Å². The van der Waals surface area contributed by atoms with Gasteiger partial charge in [-0.05, 0) is 25.1 Å². The zero-order chi connectivity index (χ0) is 12.7. The zero-order valence-electron chi connectivity index (χ0n) is 9.49. The van der Waals surface area contributed by atoms with Crippen LogP contribution in [0.15, 0.2) is 30.6 Å². The van der Waals surface area contributed by atoms with Crippen LogP contribution in [0.2, 0.25) is 0 Å². The fraction of sp³-hybridized carbons (Fsp3) is 0.0833. The van der Waals surface area contributed by atoms with Gasteiger partial charge >= 0.3 is 5.97 Å². The molecule has 3 heterocycles. The summed E-state index contributed by atoms with van der Waals surface area (Å²) >= 11 is 1.64. The number of rotatable bonds is 2. The summed E-state index contributed by atoms with van der Waals surface area (Å²) in [5.74, 6) is -1.02. The Balaban J connectivity index is 2.28. The van der Waals surface area contributed by atoms with E-state index in [1.54, 1.807) is 22.0 Å². The Morgan fingerprint density at radius 2 is 2.22 bits per heavy atom. The van der Waals surface area contributed by atoms with Crippen molar-refractivity contribution >= 4 is 23.0 Å². The summed E-state index contributed by atoms with van der Waals surface area (Å²) in [4.78, 5) is 17.4. The van der Waals surface area contributed by atoms with E-state index in [1.807, 2.05) is 25.1 Å². The van der Waals surface area contributed by atoms with Crippen molar-refractivity contribution in [3.05, 3.63) is 41.0 Å². The molecule has 18 heavy (non-hydrogen) atoms. The van der Waals surface area contributed by atoms with Gasteiger partial charge in [0.1, 0.15) is 5.56 Å². The molecule has 0 aliphatic heterocycles. The molecule has 0 fully saturated rings. The van der Waals surface area contributed by atoms with Crippen LogP contribution in [0.3, 0.4) is 0 Å². The maximum atomic E-state index is 11.0. The molecule has 0 atom stereocenters. The molecule has 0 unspecified atom stereocenters. The average Bonchev–Trinajstić information content (AvgIpc) is 2.94. The van der Waals surface area contributed by atoms with E-state index in [1.165, 1.54) is 11.1 Å². The third-order valence-corrected chi connectivity index (χ3v) is 3.65. The topological polar surface area (TPSA) is 67.5 Å². The van der Waals surface area contributed by atoms with Gasteiger partial charge in [0.2, 0.25) is 0 Å². The Hall–Kier alpha value is -2.21. The highest BCUT2D eigenvalue weighted by Crippen LogP contribution is 2.27. The van der Waals surface area contributed by atoms with Gasteiger partial charge in [0.15, 0.2) is 5.65 Å². The molecule has 0 spiro atoms. The Bertz CT molecular complexity index is 745. The van der Waals surface area contributed by atoms with E-state index >= 15 is 0 Å². The van der Waals surface area contributed by atoms with Crippen LogP contribution >= 0.6 is 11.3 Å². The van der Waals surface area contributed by atoms with Crippen molar-refractivity contribution in [1.29, 1.82) is 0 Å². The maximum Gasteiger partial charge on any atom is 0.341 e. The van der Waals surface area contributed by atoms with E-state index in [9.17, 15) is 4.79 Å². The number of thiophene rings is 1. The quantitative estimate of drug-likeness (QED) is 0.767. The lowest BCUT2D eigenvalue weighted by Gasteiger charge is -2.01. The summed E-state index contributed by atoms with van der Waals surface area (Å²) in [7, 11) is 0. The second-order valence-electron chi connectivity index (χ2n) is 3.84. The molecule has 0 bridgehead atoms. The molecule has 0 saturated carbocycles. The van der Waals surface area contributed by atoms with E-state index in [0.717, 1.165) is 10.6 Å². The molecule has 5 nitrogen and oxygen atoms in total. The minimum absolute atomic E-state index is 0.116. The highest BCUT2D eigenvalue weighted by atomic mass is 32.1. The van der Waals surface area contributed by atoms with Gasteiger partial charge < -0.3 is 5.11 Å². The predicted molar refractivity (Wildman–Crippen MR) is 68.0 cm³/mol. The van der Waals surface area contributed by atoms with Gasteiger partial charge in [0, 0.05) is 11.1 Å². The molecule has 0 amide bonds. The molecular weight excluding hydrogens is 250 g/mol. The monoisotopic (exact) mass is 259 g/mol. The first-order valence-electron chi connectivity index (χ1n) is 5.29. The minimum Gasteiger partial charge on any atom is -0.477 e. The lowest BCUT2D eigenvalue weighted by atomic mass is 10.3. The van der Waals surface area contributed by atoms with E-state index in [4.69, 9.17) is 5.11 Å². The van der Waals surface area contributed by atoms with Crippen LogP contribution < -0.4 is 0 Å². The van der Waals surface area contributed by atoms with E-state index in [0.29, 0.717) is 5.65 Å². The zero-order valence-corrected chi connectivity index (χ0v) is 10.3. The van der Waals surface area contributed by atoms with Crippen LogP contribution in [0.5, 0.6) is 0 Å². The molecule has 90 valence electrons. The Kier molecular flexibility index (Phi) is 2.38. The Morgan fingerprint density at radius 1 is 1.39 bits per heavy atom. The van der Waals surface area contributed by atoms with Crippen molar-refractivity contribution in [2.24, 2.45) is 0 Å². The van der Waals surface area contributed by atoms with Gasteiger partial charge in [-0.2, -0.15) is 5.10 Å². The molecule has 0 radical (unpaired) electrons. The SMILES string of the molecule is Cc1ccc(-c2ccnc3c(C(=O)O)cnn23)s1. The Labute approximate surface area is 106 Å². The average molecular weight is 259 g/mol. The number of hydrogen-bond donors (Lipinski definition) is 1. The molecule has 6 heteroatoms. The van der Waals surface area contributed by atoms with E-state index in [2.05, 4.69) is 10.1 Å². The summed E-state index contributed by atoms with van der Waals surface area (Å²) in [5.41, 5.74) is 1.33. The second-order valence-corrected chi connectivity index (χ2v) is 5.13. The first-order chi connectivity index (χ1) is 8.66. The van der Waals surface area contributed by atoms with E-state index < -0.39 is 5.97 Å². The smallest absolute Gasteiger partial charge is 0.341 e. The largest absolute Gasteiger partial charge is 0.477 e. The van der Waals surface area contributed by atoms with Crippen molar-refractivity contribution in [2.75, 3.05) is 0 Å². The van der Waals surface area contributed by atoms with Gasteiger partial charge in [-0.3, -0.25) is 0 Å². The molecule has 3 rings (SSSR count). The number of aromatic nitrogens is 3. The molecular formula is C12H9N3O2S. The van der Waals surface area contributed by atoms with Gasteiger partial charge in [0.05, 0.1) is 16.8 Å². The summed E-state index contributed by atoms with van der Waals surface area (Å²) < 4.78 is 1.56. The molecule has 1 N–H and O–H groups in total. The normalized spacial score (nSPS) is 10.9. The van der Waals surface area contributed by atoms with Gasteiger partial charge in [-0.1, -0.05) is 0 Å². The third-order valence-electron chi connectivity index (χ3n) is 2.62. The minimum atomic E-state index is -1.02. The number of fused-ring (bicyclic) bond motifs is 1. The summed E-state index contributed by atoms with van der Waals surface area (Å²) in [6, 6.07) is 5.85. The first kappa shape index (κ1) is 10.9. The van der Waals surface area contributed by atoms with E-state index in [-0.39, 0.29) is 5.56 Å². The number of carboxylic acids is 1. The van der Waals surface area contributed by atoms with Crippen molar-refractivity contribution in [3.8, 4) is 10.6 Å². The number of aryl methyl sites for hydroxylation is 1. The van der Waals surface area contributed by atoms with Gasteiger partial charge in [0.25, 0.3) is 0 Å². The fourth-order valence-corrected chi connectivity index (χ4v) is 2.68. The van der Waals surface area contributed by atoms with Crippen LogP contribution in [0.1, 0.15) is 15.2 Å². The third kappa shape index (κ3) is 1.58. The fourth-order valence-electron chi connectivity index (χ4n) is 1.80. The lowest BCUT2D eigenvalue weighted by Crippen LogP contribution is -1.98. The summed E-state index contributed by atoms with van der Waals surface area (Å²) in [5, 5.41) is 13.2. The van der Waals surface area contributed by atoms with Crippen LogP contribution in [0.4, 0.5) is 0 Å². The summed E-state index contributed by atoms with van der Waals surface area (Å²) in [6.45, 7) is 2.03. The Morgan fingerprint density at radius 3 is 2.89 bits per heavy atom.